The lowest BCUT2D eigenvalue weighted by Gasteiger charge is -2.25. The summed E-state index contributed by atoms with van der Waals surface area (Å²) in [6.45, 7) is -0.0907. The number of hydrogen-bond acceptors (Lipinski definition) is 4. The van der Waals surface area contributed by atoms with Gasteiger partial charge in [0.1, 0.15) is 17.7 Å². The van der Waals surface area contributed by atoms with E-state index in [2.05, 4.69) is 9.97 Å². The van der Waals surface area contributed by atoms with Gasteiger partial charge in [0, 0.05) is 24.0 Å². The first kappa shape index (κ1) is 20.9. The fourth-order valence-corrected chi connectivity index (χ4v) is 3.94. The molecule has 0 saturated carbocycles. The standard InChI is InChI=1S/C22H20F3N3O3/c1-31-14-7-5-13(6-8-14)15-11-16-17(22(23,24)25)3-2-4-18(16)28(21(30)20(15)29)12-19-26-9-10-27-19/h2-10,15,20,29H,11-12H2,1H3,(H,26,27)/t15?,20-/m1/s1. The van der Waals surface area contributed by atoms with Gasteiger partial charge in [0.25, 0.3) is 5.91 Å². The van der Waals surface area contributed by atoms with E-state index in [9.17, 15) is 23.1 Å². The van der Waals surface area contributed by atoms with Gasteiger partial charge in [-0.2, -0.15) is 13.2 Å². The number of aromatic nitrogens is 2. The van der Waals surface area contributed by atoms with Crippen LogP contribution in [0.1, 0.15) is 28.4 Å². The van der Waals surface area contributed by atoms with Gasteiger partial charge in [0.15, 0.2) is 0 Å². The number of H-pyrrole nitrogens is 1. The number of aromatic amines is 1. The van der Waals surface area contributed by atoms with Crippen LogP contribution in [0.25, 0.3) is 0 Å². The van der Waals surface area contributed by atoms with Gasteiger partial charge in [-0.1, -0.05) is 18.2 Å². The molecule has 1 aromatic heterocycles. The highest BCUT2D eigenvalue weighted by Crippen LogP contribution is 2.42. The summed E-state index contributed by atoms with van der Waals surface area (Å²) in [5.74, 6) is -0.585. The van der Waals surface area contributed by atoms with E-state index in [-0.39, 0.29) is 24.2 Å². The van der Waals surface area contributed by atoms with Gasteiger partial charge in [0.05, 0.1) is 19.2 Å². The monoisotopic (exact) mass is 431 g/mol. The van der Waals surface area contributed by atoms with Gasteiger partial charge in [-0.25, -0.2) is 4.98 Å². The van der Waals surface area contributed by atoms with Crippen molar-refractivity contribution in [3.8, 4) is 5.75 Å². The van der Waals surface area contributed by atoms with Crippen molar-refractivity contribution in [2.24, 2.45) is 0 Å². The molecule has 1 amide bonds. The highest BCUT2D eigenvalue weighted by Gasteiger charge is 2.42. The molecule has 9 heteroatoms. The fourth-order valence-electron chi connectivity index (χ4n) is 3.94. The lowest BCUT2D eigenvalue weighted by atomic mass is 9.86. The Balaban J connectivity index is 1.85. The first-order chi connectivity index (χ1) is 14.8. The van der Waals surface area contributed by atoms with Crippen LogP contribution in [0.4, 0.5) is 18.9 Å². The lowest BCUT2D eigenvalue weighted by molar-refractivity contribution is -0.138. The first-order valence-electron chi connectivity index (χ1n) is 9.60. The van der Waals surface area contributed by atoms with Crippen molar-refractivity contribution in [1.82, 2.24) is 9.97 Å². The molecule has 0 bridgehead atoms. The largest absolute Gasteiger partial charge is 0.497 e. The van der Waals surface area contributed by atoms with E-state index in [1.165, 1.54) is 25.4 Å². The molecule has 31 heavy (non-hydrogen) atoms. The predicted octanol–water partition coefficient (Wildman–Crippen LogP) is 3.67. The predicted molar refractivity (Wildman–Crippen MR) is 107 cm³/mol. The molecule has 4 rings (SSSR count). The van der Waals surface area contributed by atoms with E-state index in [0.717, 1.165) is 11.0 Å². The van der Waals surface area contributed by atoms with Crippen molar-refractivity contribution in [2.75, 3.05) is 12.0 Å². The molecule has 0 aliphatic carbocycles. The topological polar surface area (TPSA) is 78.5 Å². The summed E-state index contributed by atoms with van der Waals surface area (Å²) < 4.78 is 46.6. The molecule has 0 saturated heterocycles. The van der Waals surface area contributed by atoms with Crippen LogP contribution >= 0.6 is 0 Å². The molecule has 2 atom stereocenters. The van der Waals surface area contributed by atoms with Gasteiger partial charge < -0.3 is 19.7 Å². The van der Waals surface area contributed by atoms with Crippen LogP contribution in [0.5, 0.6) is 5.75 Å². The number of rotatable bonds is 4. The highest BCUT2D eigenvalue weighted by atomic mass is 19.4. The summed E-state index contributed by atoms with van der Waals surface area (Å²) in [7, 11) is 1.50. The molecule has 6 nitrogen and oxygen atoms in total. The number of nitrogens with zero attached hydrogens (tertiary/aromatic N) is 2. The van der Waals surface area contributed by atoms with Crippen LogP contribution in [0.2, 0.25) is 0 Å². The van der Waals surface area contributed by atoms with Crippen molar-refractivity contribution >= 4 is 11.6 Å². The average molecular weight is 431 g/mol. The highest BCUT2D eigenvalue weighted by molar-refractivity contribution is 5.98. The van der Waals surface area contributed by atoms with Gasteiger partial charge in [0.2, 0.25) is 0 Å². The first-order valence-corrected chi connectivity index (χ1v) is 9.60. The van der Waals surface area contributed by atoms with Crippen LogP contribution in [-0.2, 0) is 23.9 Å². The van der Waals surface area contributed by atoms with E-state index in [1.807, 2.05) is 0 Å². The summed E-state index contributed by atoms with van der Waals surface area (Å²) >= 11 is 0. The molecule has 2 N–H and O–H groups in total. The minimum absolute atomic E-state index is 0.0349. The smallest absolute Gasteiger partial charge is 0.416 e. The van der Waals surface area contributed by atoms with Crippen LogP contribution in [0.15, 0.2) is 54.9 Å². The van der Waals surface area contributed by atoms with E-state index in [0.29, 0.717) is 17.1 Å². The molecule has 0 radical (unpaired) electrons. The molecule has 1 aliphatic rings. The Kier molecular flexibility index (Phi) is 5.45. The lowest BCUT2D eigenvalue weighted by Crippen LogP contribution is -2.40. The second-order valence-electron chi connectivity index (χ2n) is 7.29. The van der Waals surface area contributed by atoms with Crippen molar-refractivity contribution in [1.29, 1.82) is 0 Å². The number of methoxy groups -OCH3 is 1. The molecule has 2 heterocycles. The molecule has 2 aromatic carbocycles. The molecule has 1 aliphatic heterocycles. The molecule has 3 aromatic rings. The van der Waals surface area contributed by atoms with Gasteiger partial charge in [-0.15, -0.1) is 0 Å². The Morgan fingerprint density at radius 1 is 1.23 bits per heavy atom. The number of nitrogens with one attached hydrogen (secondary N) is 1. The second-order valence-corrected chi connectivity index (χ2v) is 7.29. The number of fused-ring (bicyclic) bond motifs is 1. The Bertz CT molecular complexity index is 1070. The van der Waals surface area contributed by atoms with Crippen LogP contribution in [-0.4, -0.2) is 34.2 Å². The zero-order chi connectivity index (χ0) is 22.2. The maximum absolute atomic E-state index is 13.8. The van der Waals surface area contributed by atoms with Crippen LogP contribution in [0.3, 0.4) is 0 Å². The third-order valence-electron chi connectivity index (χ3n) is 5.48. The summed E-state index contributed by atoms with van der Waals surface area (Å²) in [6, 6.07) is 10.3. The molecule has 0 fully saturated rings. The van der Waals surface area contributed by atoms with E-state index in [4.69, 9.17) is 4.74 Å². The zero-order valence-corrected chi connectivity index (χ0v) is 16.6. The number of anilines is 1. The Morgan fingerprint density at radius 2 is 1.97 bits per heavy atom. The summed E-state index contributed by atoms with van der Waals surface area (Å²) in [5, 5.41) is 10.9. The quantitative estimate of drug-likeness (QED) is 0.661. The number of imidazole rings is 1. The Morgan fingerprint density at radius 3 is 2.58 bits per heavy atom. The molecule has 1 unspecified atom stereocenters. The number of amides is 1. The van der Waals surface area contributed by atoms with Crippen molar-refractivity contribution in [3.63, 3.8) is 0 Å². The minimum Gasteiger partial charge on any atom is -0.497 e. The molecule has 0 spiro atoms. The van der Waals surface area contributed by atoms with Gasteiger partial charge in [-0.05, 0) is 41.8 Å². The maximum Gasteiger partial charge on any atom is 0.416 e. The third-order valence-corrected chi connectivity index (χ3v) is 5.48. The number of aliphatic hydroxyl groups excluding tert-OH is 1. The maximum atomic E-state index is 13.8. The summed E-state index contributed by atoms with van der Waals surface area (Å²) in [4.78, 5) is 21.3. The molecule has 162 valence electrons. The number of benzene rings is 2. The fraction of sp³-hybridized carbons (Fsp3) is 0.273. The normalized spacial score (nSPS) is 19.1. The molecular weight excluding hydrogens is 411 g/mol. The van der Waals surface area contributed by atoms with Crippen LogP contribution < -0.4 is 9.64 Å². The van der Waals surface area contributed by atoms with E-state index in [1.54, 1.807) is 30.5 Å². The number of carbonyl (C=O) groups is 1. The van der Waals surface area contributed by atoms with Crippen molar-refractivity contribution in [2.45, 2.75) is 31.2 Å². The summed E-state index contributed by atoms with van der Waals surface area (Å²) in [6.07, 6.45) is -3.25. The minimum atomic E-state index is -4.61. The number of halogens is 3. The number of hydrogen-bond donors (Lipinski definition) is 2. The van der Waals surface area contributed by atoms with Gasteiger partial charge >= 0.3 is 6.18 Å². The number of ether oxygens (including phenoxy) is 1. The zero-order valence-electron chi connectivity index (χ0n) is 16.6. The SMILES string of the molecule is COc1ccc(C2Cc3c(cccc3C(F)(F)F)N(Cc3ncc[nH]3)C(=O)[C@@H]2O)cc1. The van der Waals surface area contributed by atoms with Crippen molar-refractivity contribution in [3.05, 3.63) is 77.4 Å². The second kappa shape index (κ2) is 8.07. The Hall–Kier alpha value is -3.33. The average Bonchev–Trinajstić information content (AvgIpc) is 3.24. The van der Waals surface area contributed by atoms with Crippen molar-refractivity contribution < 1.29 is 27.8 Å². The van der Waals surface area contributed by atoms with Crippen LogP contribution in [0, 0.1) is 0 Å². The van der Waals surface area contributed by atoms with E-state index < -0.39 is 29.7 Å². The van der Waals surface area contributed by atoms with Gasteiger partial charge in [-0.3, -0.25) is 4.79 Å². The Labute approximate surface area is 176 Å². The van der Waals surface area contributed by atoms with E-state index >= 15 is 0 Å². The number of aliphatic hydroxyl groups is 1. The summed E-state index contributed by atoms with van der Waals surface area (Å²) in [5.41, 5.74) is -0.196. The number of alkyl halides is 3. The molecular formula is C22H20F3N3O3. The third kappa shape index (κ3) is 4.00. The number of carbonyl (C=O) groups excluding carboxylic acids is 1.